The minimum Gasteiger partial charge on any atom is -0.251 e. The summed E-state index contributed by atoms with van der Waals surface area (Å²) in [6.45, 7) is 1.99. The molecule has 4 nitrogen and oxygen atoms in total. The summed E-state index contributed by atoms with van der Waals surface area (Å²) in [7, 11) is 0. The summed E-state index contributed by atoms with van der Waals surface area (Å²) in [4.78, 5) is 7.96. The van der Waals surface area contributed by atoms with Crippen LogP contribution in [0, 0.1) is 6.92 Å². The van der Waals surface area contributed by atoms with E-state index in [-0.39, 0.29) is 11.3 Å². The van der Waals surface area contributed by atoms with Gasteiger partial charge in [0.1, 0.15) is 0 Å². The van der Waals surface area contributed by atoms with Crippen LogP contribution in [0.3, 0.4) is 0 Å². The standard InChI is InChI=1S/C19H13F3N4/c1-12-4-6-13(7-5-12)16-11-26-17(24-16)9-8-15(25-26)14-3-2-10-23-18(14)19(20,21)22/h2-11H,1H3. The number of alkyl halides is 3. The molecule has 7 heteroatoms. The van der Waals surface area contributed by atoms with Crippen LogP contribution in [-0.4, -0.2) is 19.6 Å². The predicted molar refractivity (Wildman–Crippen MR) is 91.4 cm³/mol. The predicted octanol–water partition coefficient (Wildman–Crippen LogP) is 4.79. The van der Waals surface area contributed by atoms with Gasteiger partial charge in [-0.2, -0.15) is 18.3 Å². The number of hydrogen-bond donors (Lipinski definition) is 0. The van der Waals surface area contributed by atoms with E-state index in [9.17, 15) is 13.2 Å². The molecular weight excluding hydrogens is 341 g/mol. The maximum Gasteiger partial charge on any atom is 0.434 e. The molecule has 0 saturated heterocycles. The molecule has 0 spiro atoms. The molecule has 3 heterocycles. The Bertz CT molecular complexity index is 1080. The van der Waals surface area contributed by atoms with Crippen molar-refractivity contribution in [1.29, 1.82) is 0 Å². The Labute approximate surface area is 147 Å². The molecule has 0 saturated carbocycles. The quantitative estimate of drug-likeness (QED) is 0.520. The zero-order chi connectivity index (χ0) is 18.3. The van der Waals surface area contributed by atoms with Crippen LogP contribution in [0.5, 0.6) is 0 Å². The Kier molecular flexibility index (Phi) is 3.72. The van der Waals surface area contributed by atoms with Gasteiger partial charge in [-0.3, -0.25) is 4.98 Å². The number of nitrogens with zero attached hydrogens (tertiary/aromatic N) is 4. The molecule has 0 atom stereocenters. The molecule has 130 valence electrons. The number of aryl methyl sites for hydroxylation is 1. The van der Waals surface area contributed by atoms with Crippen molar-refractivity contribution in [3.63, 3.8) is 0 Å². The first-order chi connectivity index (χ1) is 12.4. The SMILES string of the molecule is Cc1ccc(-c2cn3nc(-c4cccnc4C(F)(F)F)ccc3n2)cc1. The number of fused-ring (bicyclic) bond motifs is 1. The highest BCUT2D eigenvalue weighted by molar-refractivity contribution is 5.66. The zero-order valence-corrected chi connectivity index (χ0v) is 13.7. The van der Waals surface area contributed by atoms with Crippen molar-refractivity contribution in [2.75, 3.05) is 0 Å². The van der Waals surface area contributed by atoms with Crippen LogP contribution in [0.2, 0.25) is 0 Å². The van der Waals surface area contributed by atoms with Gasteiger partial charge in [0, 0.05) is 17.3 Å². The molecule has 0 aliphatic carbocycles. The minimum atomic E-state index is -4.55. The van der Waals surface area contributed by atoms with E-state index in [2.05, 4.69) is 15.1 Å². The monoisotopic (exact) mass is 354 g/mol. The third-order valence-electron chi connectivity index (χ3n) is 4.02. The second-order valence-electron chi connectivity index (χ2n) is 5.91. The molecular formula is C19H13F3N4. The molecule has 0 bridgehead atoms. The summed E-state index contributed by atoms with van der Waals surface area (Å²) in [5.41, 5.74) is 2.48. The summed E-state index contributed by atoms with van der Waals surface area (Å²) in [5.74, 6) is 0. The number of aromatic nitrogens is 4. The Balaban J connectivity index is 1.81. The van der Waals surface area contributed by atoms with Crippen LogP contribution in [0.4, 0.5) is 13.2 Å². The van der Waals surface area contributed by atoms with Crippen molar-refractivity contribution in [2.24, 2.45) is 0 Å². The Morgan fingerprint density at radius 2 is 1.69 bits per heavy atom. The van der Waals surface area contributed by atoms with E-state index in [0.29, 0.717) is 11.3 Å². The molecule has 1 aromatic carbocycles. The average Bonchev–Trinajstić information content (AvgIpc) is 3.04. The fourth-order valence-electron chi connectivity index (χ4n) is 2.73. The van der Waals surface area contributed by atoms with Gasteiger partial charge in [0.05, 0.1) is 17.6 Å². The van der Waals surface area contributed by atoms with E-state index in [4.69, 9.17) is 0 Å². The van der Waals surface area contributed by atoms with Crippen molar-refractivity contribution < 1.29 is 13.2 Å². The van der Waals surface area contributed by atoms with Gasteiger partial charge < -0.3 is 0 Å². The molecule has 0 radical (unpaired) electrons. The fourth-order valence-corrected chi connectivity index (χ4v) is 2.73. The lowest BCUT2D eigenvalue weighted by Crippen LogP contribution is -2.10. The number of hydrogen-bond acceptors (Lipinski definition) is 3. The second kappa shape index (κ2) is 5.94. The van der Waals surface area contributed by atoms with Gasteiger partial charge in [-0.05, 0) is 31.2 Å². The maximum atomic E-state index is 13.2. The van der Waals surface area contributed by atoms with Gasteiger partial charge in [-0.1, -0.05) is 29.8 Å². The lowest BCUT2D eigenvalue weighted by atomic mass is 10.1. The number of benzene rings is 1. The lowest BCUT2D eigenvalue weighted by Gasteiger charge is -2.10. The molecule has 0 aliphatic heterocycles. The molecule has 0 unspecified atom stereocenters. The van der Waals surface area contributed by atoms with Crippen LogP contribution in [-0.2, 0) is 6.18 Å². The molecule has 4 aromatic rings. The summed E-state index contributed by atoms with van der Waals surface area (Å²) < 4.78 is 41.1. The molecule has 4 rings (SSSR count). The van der Waals surface area contributed by atoms with Crippen molar-refractivity contribution >= 4 is 5.65 Å². The molecule has 26 heavy (non-hydrogen) atoms. The van der Waals surface area contributed by atoms with Crippen LogP contribution in [0.25, 0.3) is 28.2 Å². The number of imidazole rings is 1. The fraction of sp³-hybridized carbons (Fsp3) is 0.105. The van der Waals surface area contributed by atoms with Crippen molar-refractivity contribution in [1.82, 2.24) is 19.6 Å². The van der Waals surface area contributed by atoms with E-state index in [1.165, 1.54) is 22.7 Å². The first-order valence-electron chi connectivity index (χ1n) is 7.88. The molecule has 0 N–H and O–H groups in total. The number of rotatable bonds is 2. The van der Waals surface area contributed by atoms with Crippen molar-refractivity contribution in [3.05, 3.63) is 72.2 Å². The van der Waals surface area contributed by atoms with E-state index in [0.717, 1.165) is 17.3 Å². The molecule has 3 aromatic heterocycles. The van der Waals surface area contributed by atoms with Gasteiger partial charge in [-0.25, -0.2) is 9.50 Å². The topological polar surface area (TPSA) is 43.1 Å². The number of pyridine rings is 1. The van der Waals surface area contributed by atoms with E-state index >= 15 is 0 Å². The Morgan fingerprint density at radius 3 is 2.42 bits per heavy atom. The number of halogens is 3. The highest BCUT2D eigenvalue weighted by Crippen LogP contribution is 2.34. The Hall–Kier alpha value is -3.22. The van der Waals surface area contributed by atoms with Crippen molar-refractivity contribution in [2.45, 2.75) is 13.1 Å². The first kappa shape index (κ1) is 16.3. The maximum absolute atomic E-state index is 13.2. The molecule has 0 amide bonds. The third-order valence-corrected chi connectivity index (χ3v) is 4.02. The first-order valence-corrected chi connectivity index (χ1v) is 7.88. The smallest absolute Gasteiger partial charge is 0.251 e. The summed E-state index contributed by atoms with van der Waals surface area (Å²) in [5, 5.41) is 4.30. The van der Waals surface area contributed by atoms with Gasteiger partial charge in [0.25, 0.3) is 0 Å². The van der Waals surface area contributed by atoms with Gasteiger partial charge in [-0.15, -0.1) is 0 Å². The van der Waals surface area contributed by atoms with E-state index < -0.39 is 11.9 Å². The summed E-state index contributed by atoms with van der Waals surface area (Å²) in [6, 6.07) is 13.8. The lowest BCUT2D eigenvalue weighted by molar-refractivity contribution is -0.140. The van der Waals surface area contributed by atoms with Gasteiger partial charge >= 0.3 is 6.18 Å². The molecule has 0 fully saturated rings. The van der Waals surface area contributed by atoms with Gasteiger partial charge in [0.15, 0.2) is 11.3 Å². The van der Waals surface area contributed by atoms with Crippen LogP contribution in [0.15, 0.2) is 60.9 Å². The third kappa shape index (κ3) is 2.92. The summed E-state index contributed by atoms with van der Waals surface area (Å²) in [6.07, 6.45) is -1.72. The Morgan fingerprint density at radius 1 is 0.923 bits per heavy atom. The summed E-state index contributed by atoms with van der Waals surface area (Å²) >= 11 is 0. The second-order valence-corrected chi connectivity index (χ2v) is 5.91. The highest BCUT2D eigenvalue weighted by Gasteiger charge is 2.35. The largest absolute Gasteiger partial charge is 0.434 e. The average molecular weight is 354 g/mol. The van der Waals surface area contributed by atoms with E-state index in [1.54, 1.807) is 12.3 Å². The minimum absolute atomic E-state index is 0.0625. The highest BCUT2D eigenvalue weighted by atomic mass is 19.4. The zero-order valence-electron chi connectivity index (χ0n) is 13.7. The van der Waals surface area contributed by atoms with Crippen LogP contribution in [0.1, 0.15) is 11.3 Å². The normalized spacial score (nSPS) is 11.8. The van der Waals surface area contributed by atoms with Crippen LogP contribution < -0.4 is 0 Å². The van der Waals surface area contributed by atoms with Gasteiger partial charge in [0.2, 0.25) is 0 Å². The van der Waals surface area contributed by atoms with Crippen molar-refractivity contribution in [3.8, 4) is 22.5 Å². The van der Waals surface area contributed by atoms with E-state index in [1.807, 2.05) is 31.2 Å². The van der Waals surface area contributed by atoms with Crippen LogP contribution >= 0.6 is 0 Å². The molecule has 0 aliphatic rings.